The molecule has 0 aliphatic carbocycles. The lowest BCUT2D eigenvalue weighted by Gasteiger charge is -2.29. The normalized spacial score (nSPS) is 19.7. The maximum atomic E-state index is 13.6. The Hall–Kier alpha value is -2.44. The molecule has 1 amide bonds. The Labute approximate surface area is 153 Å². The number of halogens is 1. The van der Waals surface area contributed by atoms with E-state index in [1.807, 2.05) is 30.3 Å². The number of quaternary nitrogens is 2. The molecule has 1 fully saturated rings. The van der Waals surface area contributed by atoms with Crippen LogP contribution < -0.4 is 19.9 Å². The molecule has 0 aromatic heterocycles. The number of piperazine rings is 1. The first-order chi connectivity index (χ1) is 12.7. The SMILES string of the molecule is O=C(C[NH+]1CC[NH+](CCOc2ccccc2)CC1)Nc1ccccc1F. The maximum Gasteiger partial charge on any atom is 0.279 e. The largest absolute Gasteiger partial charge is 0.488 e. The molecular weight excluding hydrogens is 333 g/mol. The van der Waals surface area contributed by atoms with Crippen LogP contribution in [0.2, 0.25) is 0 Å². The van der Waals surface area contributed by atoms with Crippen molar-refractivity contribution in [3.05, 3.63) is 60.4 Å². The summed E-state index contributed by atoms with van der Waals surface area (Å²) in [6, 6.07) is 16.1. The highest BCUT2D eigenvalue weighted by molar-refractivity contribution is 5.91. The van der Waals surface area contributed by atoms with Crippen molar-refractivity contribution in [2.24, 2.45) is 0 Å². The Balaban J connectivity index is 1.34. The van der Waals surface area contributed by atoms with E-state index < -0.39 is 5.82 Å². The van der Waals surface area contributed by atoms with Gasteiger partial charge in [0.25, 0.3) is 5.91 Å². The average Bonchev–Trinajstić information content (AvgIpc) is 2.66. The van der Waals surface area contributed by atoms with Crippen molar-refractivity contribution in [2.45, 2.75) is 0 Å². The summed E-state index contributed by atoms with van der Waals surface area (Å²) in [4.78, 5) is 14.9. The molecule has 2 aromatic carbocycles. The highest BCUT2D eigenvalue weighted by Gasteiger charge is 2.24. The first-order valence-electron chi connectivity index (χ1n) is 9.10. The molecule has 138 valence electrons. The number of hydrogen-bond donors (Lipinski definition) is 3. The zero-order valence-electron chi connectivity index (χ0n) is 14.8. The summed E-state index contributed by atoms with van der Waals surface area (Å²) in [5.41, 5.74) is 0.249. The van der Waals surface area contributed by atoms with E-state index in [2.05, 4.69) is 5.32 Å². The van der Waals surface area contributed by atoms with E-state index in [4.69, 9.17) is 4.74 Å². The Kier molecular flexibility index (Phi) is 6.57. The number of hydrogen-bond acceptors (Lipinski definition) is 2. The van der Waals surface area contributed by atoms with E-state index in [0.717, 1.165) is 38.5 Å². The van der Waals surface area contributed by atoms with Gasteiger partial charge in [0, 0.05) is 0 Å². The van der Waals surface area contributed by atoms with Crippen LogP contribution in [-0.4, -0.2) is 51.8 Å². The smallest absolute Gasteiger partial charge is 0.279 e. The lowest BCUT2D eigenvalue weighted by atomic mass is 10.3. The number of carbonyl (C=O) groups excluding carboxylic acids is 1. The van der Waals surface area contributed by atoms with Crippen molar-refractivity contribution in [2.75, 3.05) is 51.2 Å². The number of nitrogens with one attached hydrogen (secondary N) is 3. The maximum absolute atomic E-state index is 13.6. The number of ether oxygens (including phenoxy) is 1. The fourth-order valence-electron chi connectivity index (χ4n) is 3.20. The minimum atomic E-state index is -0.400. The van der Waals surface area contributed by atoms with Gasteiger partial charge in [-0.2, -0.15) is 0 Å². The van der Waals surface area contributed by atoms with E-state index in [1.165, 1.54) is 15.9 Å². The van der Waals surface area contributed by atoms with Crippen LogP contribution in [-0.2, 0) is 4.79 Å². The van der Waals surface area contributed by atoms with Gasteiger partial charge in [-0.3, -0.25) is 4.79 Å². The zero-order chi connectivity index (χ0) is 18.2. The van der Waals surface area contributed by atoms with Gasteiger partial charge in [-0.25, -0.2) is 4.39 Å². The van der Waals surface area contributed by atoms with Crippen LogP contribution in [0.1, 0.15) is 0 Å². The summed E-state index contributed by atoms with van der Waals surface area (Å²) in [5.74, 6) is 0.366. The number of carbonyl (C=O) groups is 1. The summed E-state index contributed by atoms with van der Waals surface area (Å²) < 4.78 is 19.3. The van der Waals surface area contributed by atoms with Gasteiger partial charge >= 0.3 is 0 Å². The molecule has 1 aliphatic rings. The van der Waals surface area contributed by atoms with Crippen molar-refractivity contribution >= 4 is 11.6 Å². The summed E-state index contributed by atoms with van der Waals surface area (Å²) in [7, 11) is 0. The summed E-state index contributed by atoms with van der Waals surface area (Å²) in [6.07, 6.45) is 0. The van der Waals surface area contributed by atoms with Crippen LogP contribution in [0.3, 0.4) is 0 Å². The standard InChI is InChI=1S/C20H24FN3O2/c21-18-8-4-5-9-19(18)22-20(25)16-24-12-10-23(11-13-24)14-15-26-17-6-2-1-3-7-17/h1-9H,10-16H2,(H,22,25)/p+2. The average molecular weight is 359 g/mol. The Bertz CT molecular complexity index is 703. The number of rotatable bonds is 7. The predicted octanol–water partition coefficient (Wildman–Crippen LogP) is -0.373. The summed E-state index contributed by atoms with van der Waals surface area (Å²) in [5, 5.41) is 2.66. The third kappa shape index (κ3) is 5.54. The first kappa shape index (κ1) is 18.4. The second kappa shape index (κ2) is 9.31. The summed E-state index contributed by atoms with van der Waals surface area (Å²) >= 11 is 0. The second-order valence-corrected chi connectivity index (χ2v) is 6.62. The highest BCUT2D eigenvalue weighted by atomic mass is 19.1. The van der Waals surface area contributed by atoms with Crippen molar-refractivity contribution in [1.29, 1.82) is 0 Å². The predicted molar refractivity (Wildman–Crippen MR) is 98.1 cm³/mol. The molecule has 1 aliphatic heterocycles. The third-order valence-electron chi connectivity index (χ3n) is 4.69. The van der Waals surface area contributed by atoms with Gasteiger partial charge < -0.3 is 19.9 Å². The molecule has 2 aromatic rings. The molecule has 3 N–H and O–H groups in total. The fourth-order valence-corrected chi connectivity index (χ4v) is 3.20. The van der Waals surface area contributed by atoms with E-state index in [-0.39, 0.29) is 11.6 Å². The minimum absolute atomic E-state index is 0.138. The molecule has 0 bridgehead atoms. The Morgan fingerprint density at radius 2 is 1.62 bits per heavy atom. The lowest BCUT2D eigenvalue weighted by Crippen LogP contribution is -3.28. The van der Waals surface area contributed by atoms with Gasteiger partial charge in [0.15, 0.2) is 6.54 Å². The second-order valence-electron chi connectivity index (χ2n) is 6.62. The van der Waals surface area contributed by atoms with Crippen molar-refractivity contribution < 1.29 is 23.7 Å². The van der Waals surface area contributed by atoms with Crippen LogP contribution in [0.25, 0.3) is 0 Å². The minimum Gasteiger partial charge on any atom is -0.488 e. The molecular formula is C20H26FN3O2+2. The molecule has 3 rings (SSSR count). The number of benzene rings is 2. The Morgan fingerprint density at radius 1 is 0.962 bits per heavy atom. The molecule has 0 atom stereocenters. The van der Waals surface area contributed by atoms with E-state index in [1.54, 1.807) is 18.2 Å². The molecule has 0 spiro atoms. The van der Waals surface area contributed by atoms with Crippen LogP contribution in [0.4, 0.5) is 10.1 Å². The molecule has 1 heterocycles. The highest BCUT2D eigenvalue weighted by Crippen LogP contribution is 2.11. The van der Waals surface area contributed by atoms with Crippen LogP contribution in [0, 0.1) is 5.82 Å². The number of amides is 1. The molecule has 5 nitrogen and oxygen atoms in total. The van der Waals surface area contributed by atoms with Crippen LogP contribution in [0.5, 0.6) is 5.75 Å². The van der Waals surface area contributed by atoms with E-state index in [9.17, 15) is 9.18 Å². The van der Waals surface area contributed by atoms with Gasteiger partial charge in [0.2, 0.25) is 0 Å². The Morgan fingerprint density at radius 3 is 2.35 bits per heavy atom. The first-order valence-corrected chi connectivity index (χ1v) is 9.10. The molecule has 1 saturated heterocycles. The monoisotopic (exact) mass is 359 g/mol. The number of para-hydroxylation sites is 2. The van der Waals surface area contributed by atoms with Crippen LogP contribution >= 0.6 is 0 Å². The van der Waals surface area contributed by atoms with Crippen LogP contribution in [0.15, 0.2) is 54.6 Å². The van der Waals surface area contributed by atoms with Gasteiger partial charge in [-0.1, -0.05) is 30.3 Å². The lowest BCUT2D eigenvalue weighted by molar-refractivity contribution is -1.01. The molecule has 0 unspecified atom stereocenters. The zero-order valence-corrected chi connectivity index (χ0v) is 14.8. The molecule has 0 radical (unpaired) electrons. The van der Waals surface area contributed by atoms with Crippen molar-refractivity contribution in [1.82, 2.24) is 0 Å². The van der Waals surface area contributed by atoms with E-state index >= 15 is 0 Å². The van der Waals surface area contributed by atoms with E-state index in [0.29, 0.717) is 13.2 Å². The topological polar surface area (TPSA) is 47.2 Å². The van der Waals surface area contributed by atoms with Gasteiger partial charge in [0.05, 0.1) is 5.69 Å². The van der Waals surface area contributed by atoms with Gasteiger partial charge in [0.1, 0.15) is 50.9 Å². The van der Waals surface area contributed by atoms with Crippen molar-refractivity contribution in [3.63, 3.8) is 0 Å². The molecule has 26 heavy (non-hydrogen) atoms. The third-order valence-corrected chi connectivity index (χ3v) is 4.69. The quantitative estimate of drug-likeness (QED) is 0.632. The van der Waals surface area contributed by atoms with Crippen molar-refractivity contribution in [3.8, 4) is 5.75 Å². The van der Waals surface area contributed by atoms with Gasteiger partial charge in [-0.15, -0.1) is 0 Å². The van der Waals surface area contributed by atoms with Gasteiger partial charge in [-0.05, 0) is 24.3 Å². The summed E-state index contributed by atoms with van der Waals surface area (Å²) in [6.45, 7) is 5.94. The fraction of sp³-hybridized carbons (Fsp3) is 0.350. The molecule has 6 heteroatoms. The number of anilines is 1. The molecule has 0 saturated carbocycles.